The van der Waals surface area contributed by atoms with Crippen molar-refractivity contribution >= 4 is 33.0 Å². The molecular formula is C11H15Cl2NO2S. The maximum Gasteiger partial charge on any atom is 0.147 e. The zero-order valence-electron chi connectivity index (χ0n) is 9.54. The number of sulfone groups is 1. The molecule has 0 aliphatic rings. The second-order valence-electron chi connectivity index (χ2n) is 3.94. The van der Waals surface area contributed by atoms with Gasteiger partial charge in [-0.2, -0.15) is 0 Å². The molecule has 0 atom stereocenters. The first-order valence-corrected chi connectivity index (χ1v) is 8.02. The van der Waals surface area contributed by atoms with Crippen molar-refractivity contribution in [1.29, 1.82) is 0 Å². The summed E-state index contributed by atoms with van der Waals surface area (Å²) < 4.78 is 21.8. The lowest BCUT2D eigenvalue weighted by atomic mass is 10.2. The van der Waals surface area contributed by atoms with Gasteiger partial charge in [-0.3, -0.25) is 0 Å². The van der Waals surface area contributed by atoms with E-state index in [2.05, 4.69) is 5.32 Å². The Morgan fingerprint density at radius 2 is 1.76 bits per heavy atom. The average Bonchev–Trinajstić information content (AvgIpc) is 2.13. The van der Waals surface area contributed by atoms with Crippen LogP contribution < -0.4 is 5.32 Å². The van der Waals surface area contributed by atoms with Gasteiger partial charge in [-0.05, 0) is 36.7 Å². The van der Waals surface area contributed by atoms with Crippen LogP contribution in [0.15, 0.2) is 18.2 Å². The Labute approximate surface area is 112 Å². The summed E-state index contributed by atoms with van der Waals surface area (Å²) >= 11 is 11.7. The highest BCUT2D eigenvalue weighted by Crippen LogP contribution is 2.18. The summed E-state index contributed by atoms with van der Waals surface area (Å²) in [5.74, 6) is 0.205. The molecule has 0 spiro atoms. The van der Waals surface area contributed by atoms with Crippen LogP contribution in [0.3, 0.4) is 0 Å². The molecule has 1 N–H and O–H groups in total. The van der Waals surface area contributed by atoms with Gasteiger partial charge >= 0.3 is 0 Å². The second kappa shape index (κ2) is 6.59. The third-order valence-electron chi connectivity index (χ3n) is 2.12. The lowest BCUT2D eigenvalue weighted by Gasteiger charge is -2.05. The van der Waals surface area contributed by atoms with E-state index in [0.29, 0.717) is 29.6 Å². The molecule has 0 aromatic heterocycles. The number of hydrogen-bond donors (Lipinski definition) is 1. The molecule has 1 aromatic rings. The van der Waals surface area contributed by atoms with Crippen LogP contribution in [0.25, 0.3) is 0 Å². The van der Waals surface area contributed by atoms with E-state index in [9.17, 15) is 8.42 Å². The quantitative estimate of drug-likeness (QED) is 0.821. The van der Waals surface area contributed by atoms with E-state index in [-0.39, 0.29) is 5.75 Å². The van der Waals surface area contributed by atoms with Crippen LogP contribution in [-0.4, -0.2) is 27.0 Å². The Kier molecular flexibility index (Phi) is 5.73. The van der Waals surface area contributed by atoms with Gasteiger partial charge in [-0.15, -0.1) is 0 Å². The van der Waals surface area contributed by atoms with Gasteiger partial charge in [0, 0.05) is 22.8 Å². The monoisotopic (exact) mass is 295 g/mol. The molecule has 1 aromatic carbocycles. The minimum Gasteiger partial charge on any atom is -0.313 e. The molecule has 1 rings (SSSR count). The summed E-state index contributed by atoms with van der Waals surface area (Å²) in [7, 11) is -2.86. The van der Waals surface area contributed by atoms with E-state index in [1.54, 1.807) is 6.07 Å². The maximum absolute atomic E-state index is 10.9. The molecule has 0 heterocycles. The van der Waals surface area contributed by atoms with Gasteiger partial charge in [-0.25, -0.2) is 8.42 Å². The standard InChI is InChI=1S/C11H15Cl2NO2S/c1-17(15,16)4-2-3-14-8-9-5-10(12)7-11(13)6-9/h5-7,14H,2-4,8H2,1H3. The van der Waals surface area contributed by atoms with E-state index in [1.165, 1.54) is 6.26 Å². The third-order valence-corrected chi connectivity index (χ3v) is 3.59. The summed E-state index contributed by atoms with van der Waals surface area (Å²) in [5.41, 5.74) is 0.988. The predicted octanol–water partition coefficient (Wildman–Crippen LogP) is 2.52. The molecule has 0 saturated heterocycles. The van der Waals surface area contributed by atoms with E-state index in [4.69, 9.17) is 23.2 Å². The largest absolute Gasteiger partial charge is 0.313 e. The highest BCUT2D eigenvalue weighted by molar-refractivity contribution is 7.90. The Morgan fingerprint density at radius 3 is 2.29 bits per heavy atom. The van der Waals surface area contributed by atoms with E-state index < -0.39 is 9.84 Å². The smallest absolute Gasteiger partial charge is 0.147 e. The van der Waals surface area contributed by atoms with Crippen LogP contribution in [0.5, 0.6) is 0 Å². The van der Waals surface area contributed by atoms with Gasteiger partial charge in [0.1, 0.15) is 9.84 Å². The fourth-order valence-corrected chi connectivity index (χ4v) is 2.65. The molecule has 3 nitrogen and oxygen atoms in total. The second-order valence-corrected chi connectivity index (χ2v) is 7.07. The van der Waals surface area contributed by atoms with Gasteiger partial charge in [0.25, 0.3) is 0 Å². The number of hydrogen-bond acceptors (Lipinski definition) is 3. The summed E-state index contributed by atoms with van der Waals surface area (Å²) in [6.07, 6.45) is 1.84. The highest BCUT2D eigenvalue weighted by Gasteiger charge is 2.01. The molecule has 0 aliphatic carbocycles. The molecular weight excluding hydrogens is 281 g/mol. The van der Waals surface area contributed by atoms with Crippen LogP contribution in [-0.2, 0) is 16.4 Å². The molecule has 0 fully saturated rings. The van der Waals surface area contributed by atoms with E-state index >= 15 is 0 Å². The van der Waals surface area contributed by atoms with Crippen LogP contribution in [0.1, 0.15) is 12.0 Å². The van der Waals surface area contributed by atoms with E-state index in [1.807, 2.05) is 12.1 Å². The molecule has 0 bridgehead atoms. The van der Waals surface area contributed by atoms with Crippen molar-refractivity contribution in [2.45, 2.75) is 13.0 Å². The Bertz CT molecular complexity index is 454. The maximum atomic E-state index is 10.9. The minimum atomic E-state index is -2.86. The van der Waals surface area contributed by atoms with Crippen LogP contribution in [0, 0.1) is 0 Å². The Balaban J connectivity index is 2.31. The van der Waals surface area contributed by atoms with Crippen molar-refractivity contribution < 1.29 is 8.42 Å². The minimum absolute atomic E-state index is 0.205. The number of benzene rings is 1. The van der Waals surface area contributed by atoms with Crippen LogP contribution in [0.2, 0.25) is 10.0 Å². The zero-order valence-corrected chi connectivity index (χ0v) is 11.9. The third kappa shape index (κ3) is 6.88. The van der Waals surface area contributed by atoms with Crippen molar-refractivity contribution in [3.8, 4) is 0 Å². The zero-order chi connectivity index (χ0) is 12.9. The van der Waals surface area contributed by atoms with Crippen molar-refractivity contribution in [3.63, 3.8) is 0 Å². The highest BCUT2D eigenvalue weighted by atomic mass is 35.5. The van der Waals surface area contributed by atoms with Gasteiger partial charge in [0.05, 0.1) is 5.75 Å². The summed E-state index contributed by atoms with van der Waals surface area (Å²) in [6.45, 7) is 1.28. The number of halogens is 2. The van der Waals surface area contributed by atoms with Gasteiger partial charge in [0.15, 0.2) is 0 Å². The fourth-order valence-electron chi connectivity index (χ4n) is 1.41. The van der Waals surface area contributed by atoms with Crippen LogP contribution in [0.4, 0.5) is 0 Å². The van der Waals surface area contributed by atoms with Gasteiger partial charge in [-0.1, -0.05) is 23.2 Å². The number of nitrogens with one attached hydrogen (secondary N) is 1. The molecule has 17 heavy (non-hydrogen) atoms. The average molecular weight is 296 g/mol. The lowest BCUT2D eigenvalue weighted by Crippen LogP contribution is -2.17. The van der Waals surface area contributed by atoms with Gasteiger partial charge in [0.2, 0.25) is 0 Å². The van der Waals surface area contributed by atoms with Crippen molar-refractivity contribution in [2.24, 2.45) is 0 Å². The first kappa shape index (κ1) is 14.8. The fraction of sp³-hybridized carbons (Fsp3) is 0.455. The van der Waals surface area contributed by atoms with Crippen molar-refractivity contribution in [1.82, 2.24) is 5.32 Å². The number of rotatable bonds is 6. The first-order chi connectivity index (χ1) is 7.87. The topological polar surface area (TPSA) is 46.2 Å². The molecule has 0 saturated carbocycles. The molecule has 6 heteroatoms. The molecule has 0 aliphatic heterocycles. The Morgan fingerprint density at radius 1 is 1.18 bits per heavy atom. The summed E-state index contributed by atoms with van der Waals surface area (Å²) in [6, 6.07) is 5.34. The Hall–Kier alpha value is -0.290. The van der Waals surface area contributed by atoms with Crippen molar-refractivity contribution in [3.05, 3.63) is 33.8 Å². The lowest BCUT2D eigenvalue weighted by molar-refractivity contribution is 0.594. The van der Waals surface area contributed by atoms with Gasteiger partial charge < -0.3 is 5.32 Å². The normalized spacial score (nSPS) is 11.7. The summed E-state index contributed by atoms with van der Waals surface area (Å²) in [4.78, 5) is 0. The molecule has 0 unspecified atom stereocenters. The SMILES string of the molecule is CS(=O)(=O)CCCNCc1cc(Cl)cc(Cl)c1. The van der Waals surface area contributed by atoms with Crippen molar-refractivity contribution in [2.75, 3.05) is 18.6 Å². The molecule has 0 radical (unpaired) electrons. The summed E-state index contributed by atoms with van der Waals surface area (Å²) in [5, 5.41) is 4.35. The van der Waals surface area contributed by atoms with Crippen LogP contribution >= 0.6 is 23.2 Å². The first-order valence-electron chi connectivity index (χ1n) is 5.20. The van der Waals surface area contributed by atoms with E-state index in [0.717, 1.165) is 5.56 Å². The molecule has 0 amide bonds. The molecule has 96 valence electrons. The predicted molar refractivity (Wildman–Crippen MR) is 72.5 cm³/mol.